The van der Waals surface area contributed by atoms with Crippen molar-refractivity contribution in [3.05, 3.63) is 59.2 Å². The zero-order chi connectivity index (χ0) is 14.5. The van der Waals surface area contributed by atoms with Crippen LogP contribution < -0.4 is 5.32 Å². The smallest absolute Gasteiger partial charge is 0.224 e. The number of amides is 1. The Morgan fingerprint density at radius 1 is 1.10 bits per heavy atom. The molecular weight excluding hydrogens is 250 g/mol. The highest BCUT2D eigenvalue weighted by Crippen LogP contribution is 2.20. The minimum atomic E-state index is -0.0154. The molecule has 0 fully saturated rings. The van der Waals surface area contributed by atoms with Crippen LogP contribution in [-0.2, 0) is 11.2 Å². The number of anilines is 1. The van der Waals surface area contributed by atoms with E-state index in [0.29, 0.717) is 6.42 Å². The van der Waals surface area contributed by atoms with Gasteiger partial charge in [0.25, 0.3) is 0 Å². The molecule has 0 unspecified atom stereocenters. The fourth-order valence-electron chi connectivity index (χ4n) is 2.10. The Labute approximate surface area is 119 Å². The number of nitrogens with one attached hydrogen (secondary N) is 1. The van der Waals surface area contributed by atoms with Gasteiger partial charge in [0, 0.05) is 12.1 Å². The second-order valence-electron chi connectivity index (χ2n) is 4.98. The zero-order valence-electron chi connectivity index (χ0n) is 11.8. The van der Waals surface area contributed by atoms with Crippen molar-refractivity contribution in [3.8, 4) is 5.75 Å². The van der Waals surface area contributed by atoms with Crippen molar-refractivity contribution in [2.75, 3.05) is 5.32 Å². The molecule has 0 saturated heterocycles. The molecule has 0 saturated carbocycles. The molecule has 0 radical (unpaired) electrons. The van der Waals surface area contributed by atoms with Crippen LogP contribution in [0.1, 0.15) is 23.1 Å². The van der Waals surface area contributed by atoms with Crippen LogP contribution in [0.2, 0.25) is 0 Å². The van der Waals surface area contributed by atoms with Gasteiger partial charge in [-0.25, -0.2) is 0 Å². The molecule has 2 N–H and O–H groups in total. The molecular formula is C17H19NO2. The number of aromatic hydroxyl groups is 1. The third-order valence-corrected chi connectivity index (χ3v) is 3.36. The number of aryl methyl sites for hydroxylation is 3. The molecule has 0 aromatic heterocycles. The van der Waals surface area contributed by atoms with E-state index in [1.807, 2.05) is 18.2 Å². The van der Waals surface area contributed by atoms with Gasteiger partial charge < -0.3 is 10.4 Å². The van der Waals surface area contributed by atoms with Crippen molar-refractivity contribution in [1.29, 1.82) is 0 Å². The molecule has 1 amide bonds. The third-order valence-electron chi connectivity index (χ3n) is 3.36. The molecule has 104 valence electrons. The van der Waals surface area contributed by atoms with Gasteiger partial charge >= 0.3 is 0 Å². The maximum Gasteiger partial charge on any atom is 0.224 e. The molecule has 2 rings (SSSR count). The Kier molecular flexibility index (Phi) is 4.41. The lowest BCUT2D eigenvalue weighted by atomic mass is 10.0. The third kappa shape index (κ3) is 3.60. The average Bonchev–Trinajstić information content (AvgIpc) is 2.42. The van der Waals surface area contributed by atoms with Crippen molar-refractivity contribution < 1.29 is 9.90 Å². The molecule has 0 atom stereocenters. The predicted molar refractivity (Wildman–Crippen MR) is 81.0 cm³/mol. The van der Waals surface area contributed by atoms with Crippen molar-refractivity contribution in [2.45, 2.75) is 26.7 Å². The summed E-state index contributed by atoms with van der Waals surface area (Å²) in [5.74, 6) is 0.223. The first-order chi connectivity index (χ1) is 9.56. The van der Waals surface area contributed by atoms with E-state index < -0.39 is 0 Å². The second kappa shape index (κ2) is 6.24. The quantitative estimate of drug-likeness (QED) is 0.833. The Hall–Kier alpha value is -2.29. The van der Waals surface area contributed by atoms with Crippen LogP contribution in [0.5, 0.6) is 5.75 Å². The Bertz CT molecular complexity index is 620. The molecule has 0 heterocycles. The molecule has 3 heteroatoms. The summed E-state index contributed by atoms with van der Waals surface area (Å²) in [5.41, 5.74) is 3.88. The fourth-order valence-corrected chi connectivity index (χ4v) is 2.10. The number of hydrogen-bond acceptors (Lipinski definition) is 2. The summed E-state index contributed by atoms with van der Waals surface area (Å²) in [6, 6.07) is 13.1. The molecule has 0 aliphatic rings. The summed E-state index contributed by atoms with van der Waals surface area (Å²) in [5, 5.41) is 12.3. The van der Waals surface area contributed by atoms with Crippen LogP contribution >= 0.6 is 0 Å². The minimum Gasteiger partial charge on any atom is -0.508 e. The highest BCUT2D eigenvalue weighted by atomic mass is 16.3. The van der Waals surface area contributed by atoms with E-state index in [0.717, 1.165) is 17.7 Å². The standard InChI is InChI=1S/C17H19NO2/c1-12-5-3-4-6-14(12)7-10-17(20)18-15-8-9-16(19)13(2)11-15/h3-6,8-9,11,19H,7,10H2,1-2H3,(H,18,20). The summed E-state index contributed by atoms with van der Waals surface area (Å²) in [4.78, 5) is 11.9. The summed E-state index contributed by atoms with van der Waals surface area (Å²) in [6.07, 6.45) is 1.18. The first kappa shape index (κ1) is 14.1. The maximum atomic E-state index is 11.9. The topological polar surface area (TPSA) is 49.3 Å². The van der Waals surface area contributed by atoms with Crippen molar-refractivity contribution in [1.82, 2.24) is 0 Å². The molecule has 3 nitrogen and oxygen atoms in total. The van der Waals surface area contributed by atoms with Gasteiger partial charge in [0.15, 0.2) is 0 Å². The molecule has 0 aliphatic heterocycles. The zero-order valence-corrected chi connectivity index (χ0v) is 11.8. The Morgan fingerprint density at radius 2 is 1.85 bits per heavy atom. The number of carbonyl (C=O) groups excluding carboxylic acids is 1. The lowest BCUT2D eigenvalue weighted by Gasteiger charge is -2.08. The van der Waals surface area contributed by atoms with Crippen LogP contribution in [0.3, 0.4) is 0 Å². The largest absolute Gasteiger partial charge is 0.508 e. The van der Waals surface area contributed by atoms with Crippen LogP contribution in [0.4, 0.5) is 5.69 Å². The minimum absolute atomic E-state index is 0.0154. The average molecular weight is 269 g/mol. The number of phenolic OH excluding ortho intramolecular Hbond substituents is 1. The Balaban J connectivity index is 1.93. The SMILES string of the molecule is Cc1cc(NC(=O)CCc2ccccc2C)ccc1O. The van der Waals surface area contributed by atoms with E-state index in [9.17, 15) is 9.90 Å². The van der Waals surface area contributed by atoms with E-state index in [1.54, 1.807) is 25.1 Å². The lowest BCUT2D eigenvalue weighted by Crippen LogP contribution is -2.12. The second-order valence-corrected chi connectivity index (χ2v) is 4.98. The van der Waals surface area contributed by atoms with Gasteiger partial charge in [-0.05, 0) is 55.2 Å². The van der Waals surface area contributed by atoms with Crippen molar-refractivity contribution in [3.63, 3.8) is 0 Å². The van der Waals surface area contributed by atoms with E-state index >= 15 is 0 Å². The van der Waals surface area contributed by atoms with Gasteiger partial charge in [0.2, 0.25) is 5.91 Å². The van der Waals surface area contributed by atoms with Crippen molar-refractivity contribution in [2.24, 2.45) is 0 Å². The van der Waals surface area contributed by atoms with E-state index in [2.05, 4.69) is 18.3 Å². The molecule has 0 spiro atoms. The number of rotatable bonds is 4. The van der Waals surface area contributed by atoms with Gasteiger partial charge in [-0.3, -0.25) is 4.79 Å². The molecule has 20 heavy (non-hydrogen) atoms. The highest BCUT2D eigenvalue weighted by Gasteiger charge is 2.05. The van der Waals surface area contributed by atoms with Crippen molar-refractivity contribution >= 4 is 11.6 Å². The first-order valence-corrected chi connectivity index (χ1v) is 6.70. The van der Waals surface area contributed by atoms with Gasteiger partial charge in [-0.2, -0.15) is 0 Å². The normalized spacial score (nSPS) is 10.3. The van der Waals surface area contributed by atoms with Crippen LogP contribution in [-0.4, -0.2) is 11.0 Å². The highest BCUT2D eigenvalue weighted by molar-refractivity contribution is 5.91. The fraction of sp³-hybridized carbons (Fsp3) is 0.235. The van der Waals surface area contributed by atoms with E-state index in [1.165, 1.54) is 11.1 Å². The molecule has 0 bridgehead atoms. The van der Waals surface area contributed by atoms with Crippen LogP contribution in [0, 0.1) is 13.8 Å². The summed E-state index contributed by atoms with van der Waals surface area (Å²) in [6.45, 7) is 3.86. The van der Waals surface area contributed by atoms with Gasteiger partial charge in [-0.1, -0.05) is 24.3 Å². The van der Waals surface area contributed by atoms with E-state index in [4.69, 9.17) is 0 Å². The van der Waals surface area contributed by atoms with Crippen LogP contribution in [0.15, 0.2) is 42.5 Å². The molecule has 0 aliphatic carbocycles. The predicted octanol–water partition coefficient (Wildman–Crippen LogP) is 3.58. The summed E-state index contributed by atoms with van der Waals surface area (Å²) in [7, 11) is 0. The number of benzene rings is 2. The summed E-state index contributed by atoms with van der Waals surface area (Å²) >= 11 is 0. The van der Waals surface area contributed by atoms with Gasteiger partial charge in [0.1, 0.15) is 5.75 Å². The molecule has 2 aromatic rings. The van der Waals surface area contributed by atoms with Crippen LogP contribution in [0.25, 0.3) is 0 Å². The monoisotopic (exact) mass is 269 g/mol. The summed E-state index contributed by atoms with van der Waals surface area (Å²) < 4.78 is 0. The maximum absolute atomic E-state index is 11.9. The number of carbonyl (C=O) groups is 1. The molecule has 2 aromatic carbocycles. The first-order valence-electron chi connectivity index (χ1n) is 6.70. The number of hydrogen-bond donors (Lipinski definition) is 2. The van der Waals surface area contributed by atoms with Gasteiger partial charge in [0.05, 0.1) is 0 Å². The van der Waals surface area contributed by atoms with Gasteiger partial charge in [-0.15, -0.1) is 0 Å². The lowest BCUT2D eigenvalue weighted by molar-refractivity contribution is -0.116. The Morgan fingerprint density at radius 3 is 2.55 bits per heavy atom. The number of phenols is 1. The van der Waals surface area contributed by atoms with E-state index in [-0.39, 0.29) is 11.7 Å².